The number of H-pyrrole nitrogens is 1. The van der Waals surface area contributed by atoms with Gasteiger partial charge in [0.25, 0.3) is 5.56 Å². The monoisotopic (exact) mass is 343 g/mol. The van der Waals surface area contributed by atoms with E-state index in [0.29, 0.717) is 24.7 Å². The first kappa shape index (κ1) is 16.9. The largest absolute Gasteiger partial charge is 0.417 e. The summed E-state index contributed by atoms with van der Waals surface area (Å²) in [5.74, 6) is 0.457. The van der Waals surface area contributed by atoms with Crippen molar-refractivity contribution in [2.75, 3.05) is 11.9 Å². The average Bonchev–Trinajstić information content (AvgIpc) is 3.18. The maximum Gasteiger partial charge on any atom is 0.417 e. The summed E-state index contributed by atoms with van der Waals surface area (Å²) in [5.41, 5.74) is -2.11. The van der Waals surface area contributed by atoms with E-state index in [9.17, 15) is 22.8 Å². The Morgan fingerprint density at radius 2 is 1.92 bits per heavy atom. The molecule has 2 aliphatic rings. The lowest BCUT2D eigenvalue weighted by Crippen LogP contribution is -2.42. The van der Waals surface area contributed by atoms with E-state index in [-0.39, 0.29) is 11.7 Å². The van der Waals surface area contributed by atoms with E-state index in [2.05, 4.69) is 5.32 Å². The summed E-state index contributed by atoms with van der Waals surface area (Å²) in [5, 5.41) is 2.36. The number of aromatic nitrogens is 1. The number of pyridine rings is 1. The Balaban J connectivity index is 1.75. The second kappa shape index (κ2) is 6.49. The normalized spacial score (nSPS) is 22.1. The number of halogens is 3. The fourth-order valence-corrected chi connectivity index (χ4v) is 3.80. The molecule has 1 aliphatic heterocycles. The Kier molecular flexibility index (Phi) is 4.56. The Morgan fingerprint density at radius 3 is 2.58 bits per heavy atom. The van der Waals surface area contributed by atoms with Gasteiger partial charge in [0.2, 0.25) is 0 Å². The molecule has 2 heterocycles. The van der Waals surface area contributed by atoms with Crippen LogP contribution < -0.4 is 10.9 Å². The molecule has 1 saturated heterocycles. The molecule has 0 unspecified atom stereocenters. The fourth-order valence-electron chi connectivity index (χ4n) is 3.80. The maximum atomic E-state index is 12.8. The minimum absolute atomic E-state index is 0.123. The molecule has 1 aromatic rings. The summed E-state index contributed by atoms with van der Waals surface area (Å²) in [6, 6.07) is 0.309. The van der Waals surface area contributed by atoms with Crippen molar-refractivity contribution < 1.29 is 18.0 Å². The van der Waals surface area contributed by atoms with Gasteiger partial charge in [-0.2, -0.15) is 13.2 Å². The molecule has 2 N–H and O–H groups in total. The van der Waals surface area contributed by atoms with Crippen LogP contribution in [0.2, 0.25) is 0 Å². The zero-order valence-electron chi connectivity index (χ0n) is 13.2. The van der Waals surface area contributed by atoms with E-state index in [1.807, 2.05) is 4.98 Å². The van der Waals surface area contributed by atoms with E-state index in [0.717, 1.165) is 38.5 Å². The number of carbonyl (C=O) groups excluding carboxylic acids is 1. The Morgan fingerprint density at radius 1 is 1.21 bits per heavy atom. The summed E-state index contributed by atoms with van der Waals surface area (Å²) < 4.78 is 38.3. The van der Waals surface area contributed by atoms with Crippen LogP contribution in [0.4, 0.5) is 23.7 Å². The Labute approximate surface area is 137 Å². The number of hydrogen-bond acceptors (Lipinski definition) is 2. The minimum atomic E-state index is -4.58. The molecule has 0 bridgehead atoms. The van der Waals surface area contributed by atoms with Crippen molar-refractivity contribution in [3.05, 3.63) is 28.2 Å². The van der Waals surface area contributed by atoms with Gasteiger partial charge >= 0.3 is 12.2 Å². The molecule has 3 rings (SSSR count). The molecule has 24 heavy (non-hydrogen) atoms. The summed E-state index contributed by atoms with van der Waals surface area (Å²) >= 11 is 0. The van der Waals surface area contributed by atoms with Crippen molar-refractivity contribution in [2.24, 2.45) is 5.92 Å². The highest BCUT2D eigenvalue weighted by Gasteiger charge is 2.36. The maximum absolute atomic E-state index is 12.8. The molecule has 1 atom stereocenters. The number of nitrogens with zero attached hydrogens (tertiary/aromatic N) is 1. The number of aromatic amines is 1. The number of urea groups is 1. The van der Waals surface area contributed by atoms with Gasteiger partial charge in [0.05, 0.1) is 5.56 Å². The van der Waals surface area contributed by atoms with Gasteiger partial charge in [0, 0.05) is 18.8 Å². The molecule has 132 valence electrons. The Bertz CT molecular complexity index is 665. The van der Waals surface area contributed by atoms with E-state index >= 15 is 0 Å². The average molecular weight is 343 g/mol. The number of amides is 2. The highest BCUT2D eigenvalue weighted by atomic mass is 19.4. The fraction of sp³-hybridized carbons (Fsp3) is 0.625. The van der Waals surface area contributed by atoms with E-state index in [4.69, 9.17) is 0 Å². The van der Waals surface area contributed by atoms with Crippen LogP contribution in [0.15, 0.2) is 17.1 Å². The van der Waals surface area contributed by atoms with E-state index in [1.165, 1.54) is 0 Å². The smallest absolute Gasteiger partial charge is 0.327 e. The zero-order valence-corrected chi connectivity index (χ0v) is 13.2. The summed E-state index contributed by atoms with van der Waals surface area (Å²) in [4.78, 5) is 27.9. The number of alkyl halides is 3. The van der Waals surface area contributed by atoms with Crippen molar-refractivity contribution in [3.8, 4) is 0 Å². The van der Waals surface area contributed by atoms with Crippen LogP contribution in [0.5, 0.6) is 0 Å². The van der Waals surface area contributed by atoms with Gasteiger partial charge in [-0.1, -0.05) is 12.8 Å². The van der Waals surface area contributed by atoms with Crippen LogP contribution in [-0.4, -0.2) is 28.5 Å². The molecule has 1 aromatic heterocycles. The van der Waals surface area contributed by atoms with Crippen LogP contribution >= 0.6 is 0 Å². The topological polar surface area (TPSA) is 65.2 Å². The third kappa shape index (κ3) is 3.42. The van der Waals surface area contributed by atoms with E-state index in [1.54, 1.807) is 4.90 Å². The lowest BCUT2D eigenvalue weighted by molar-refractivity contribution is -0.137. The SMILES string of the molecule is O=C(Nc1cc(C(F)(F)F)c[nH]c1=O)N1CCC[C@@H]1C1CCCC1. The number of anilines is 1. The quantitative estimate of drug-likeness (QED) is 0.862. The molecular formula is C16H20F3N3O2. The van der Waals surface area contributed by atoms with Crippen LogP contribution in [0.25, 0.3) is 0 Å². The molecule has 0 radical (unpaired) electrons. The number of carbonyl (C=O) groups is 1. The van der Waals surface area contributed by atoms with Gasteiger partial charge < -0.3 is 15.2 Å². The predicted molar refractivity (Wildman–Crippen MR) is 82.8 cm³/mol. The van der Waals surface area contributed by atoms with Crippen LogP contribution in [0, 0.1) is 5.92 Å². The standard InChI is InChI=1S/C16H20F3N3O2/c17-16(18,19)11-8-12(14(23)20-9-11)21-15(24)22-7-3-6-13(22)10-4-1-2-5-10/h8-10,13H,1-7H2,(H,20,23)(H,21,24)/t13-/m1/s1. The van der Waals surface area contributed by atoms with Gasteiger partial charge in [-0.05, 0) is 37.7 Å². The Hall–Kier alpha value is -1.99. The molecular weight excluding hydrogens is 323 g/mol. The summed E-state index contributed by atoms with van der Waals surface area (Å²) in [6.45, 7) is 0.573. The van der Waals surface area contributed by atoms with Crippen molar-refractivity contribution in [1.29, 1.82) is 0 Å². The van der Waals surface area contributed by atoms with Crippen molar-refractivity contribution in [1.82, 2.24) is 9.88 Å². The third-order valence-electron chi connectivity index (χ3n) is 4.98. The lowest BCUT2D eigenvalue weighted by atomic mass is 9.96. The second-order valence-electron chi connectivity index (χ2n) is 6.51. The molecule has 0 aromatic carbocycles. The van der Waals surface area contributed by atoms with Gasteiger partial charge in [0.1, 0.15) is 5.69 Å². The molecule has 2 fully saturated rings. The number of rotatable bonds is 2. The van der Waals surface area contributed by atoms with Crippen LogP contribution in [-0.2, 0) is 6.18 Å². The van der Waals surface area contributed by atoms with Gasteiger partial charge in [-0.15, -0.1) is 0 Å². The van der Waals surface area contributed by atoms with Gasteiger partial charge in [-0.25, -0.2) is 4.79 Å². The zero-order chi connectivity index (χ0) is 17.3. The van der Waals surface area contributed by atoms with Crippen LogP contribution in [0.1, 0.15) is 44.1 Å². The molecule has 5 nitrogen and oxygen atoms in total. The predicted octanol–water partition coefficient (Wildman–Crippen LogP) is 3.58. The third-order valence-corrected chi connectivity index (χ3v) is 4.98. The summed E-state index contributed by atoms with van der Waals surface area (Å²) in [7, 11) is 0. The van der Waals surface area contributed by atoms with Crippen LogP contribution in [0.3, 0.4) is 0 Å². The van der Waals surface area contributed by atoms with Gasteiger partial charge in [-0.3, -0.25) is 4.79 Å². The molecule has 8 heteroatoms. The van der Waals surface area contributed by atoms with Crippen molar-refractivity contribution >= 4 is 11.7 Å². The van der Waals surface area contributed by atoms with Crippen molar-refractivity contribution in [2.45, 2.75) is 50.7 Å². The van der Waals surface area contributed by atoms with Gasteiger partial charge in [0.15, 0.2) is 0 Å². The minimum Gasteiger partial charge on any atom is -0.327 e. The van der Waals surface area contributed by atoms with Crippen molar-refractivity contribution in [3.63, 3.8) is 0 Å². The number of hydrogen-bond donors (Lipinski definition) is 2. The first-order valence-electron chi connectivity index (χ1n) is 8.24. The highest BCUT2D eigenvalue weighted by molar-refractivity contribution is 5.89. The number of nitrogens with one attached hydrogen (secondary N) is 2. The molecule has 0 spiro atoms. The second-order valence-corrected chi connectivity index (χ2v) is 6.51. The first-order chi connectivity index (χ1) is 11.4. The summed E-state index contributed by atoms with van der Waals surface area (Å²) in [6.07, 6.45) is 2.30. The molecule has 1 aliphatic carbocycles. The molecule has 2 amide bonds. The lowest BCUT2D eigenvalue weighted by Gasteiger charge is -2.29. The highest BCUT2D eigenvalue weighted by Crippen LogP contribution is 2.35. The molecule has 1 saturated carbocycles. The van der Waals surface area contributed by atoms with E-state index < -0.39 is 23.3 Å². The number of likely N-dealkylation sites (tertiary alicyclic amines) is 1. The first-order valence-corrected chi connectivity index (χ1v) is 8.24.